The maximum Gasteiger partial charge on any atom is 0.410 e. The molecule has 0 unspecified atom stereocenters. The first-order chi connectivity index (χ1) is 9.60. The number of quaternary nitrogens is 1. The van der Waals surface area contributed by atoms with Crippen LogP contribution in [0.5, 0.6) is 0 Å². The van der Waals surface area contributed by atoms with E-state index >= 15 is 0 Å². The Morgan fingerprint density at radius 2 is 2.05 bits per heavy atom. The summed E-state index contributed by atoms with van der Waals surface area (Å²) in [5.41, 5.74) is 1.09. The number of benzene rings is 1. The molecule has 0 saturated carbocycles. The van der Waals surface area contributed by atoms with Gasteiger partial charge in [0.25, 0.3) is 0 Å². The molecule has 0 bridgehead atoms. The van der Waals surface area contributed by atoms with E-state index in [9.17, 15) is 4.79 Å². The van der Waals surface area contributed by atoms with Crippen molar-refractivity contribution in [2.75, 3.05) is 32.8 Å². The van der Waals surface area contributed by atoms with Crippen molar-refractivity contribution < 1.29 is 14.4 Å². The zero-order valence-corrected chi connectivity index (χ0v) is 13.0. The summed E-state index contributed by atoms with van der Waals surface area (Å²) in [5.74, 6) is 0. The number of ether oxygens (including phenoxy) is 1. The Labute approximate surface area is 129 Å². The van der Waals surface area contributed by atoms with Gasteiger partial charge in [0.1, 0.15) is 6.54 Å². The summed E-state index contributed by atoms with van der Waals surface area (Å²) in [6.45, 7) is 6.34. The summed E-state index contributed by atoms with van der Waals surface area (Å²) in [7, 11) is 0. The predicted molar refractivity (Wildman–Crippen MR) is 79.5 cm³/mol. The van der Waals surface area contributed by atoms with Crippen molar-refractivity contribution in [2.24, 2.45) is 0 Å². The lowest BCUT2D eigenvalue weighted by atomic mass is 10.2. The Balaban J connectivity index is 1.86. The minimum Gasteiger partial charge on any atom is -0.450 e. The molecule has 1 aliphatic heterocycles. The fraction of sp³-hybridized carbons (Fsp3) is 0.500. The topological polar surface area (TPSA) is 34.0 Å². The molecule has 1 N–H and O–H groups in total. The van der Waals surface area contributed by atoms with Crippen LogP contribution in [0, 0.1) is 0 Å². The molecule has 1 saturated heterocycles. The monoisotopic (exact) mass is 317 g/mol. The lowest BCUT2D eigenvalue weighted by Gasteiger charge is -2.31. The number of nitrogens with one attached hydrogen (secondary N) is 1. The maximum atomic E-state index is 11.6. The normalized spacial score (nSPS) is 16.2. The molecular weight excluding hydrogens is 299 g/mol. The van der Waals surface area contributed by atoms with Gasteiger partial charge in [0.05, 0.1) is 37.8 Å². The van der Waals surface area contributed by atoms with Gasteiger partial charge in [-0.05, 0) is 19.1 Å². The number of carbonyl (C=O) groups excluding carboxylic acids is 1. The van der Waals surface area contributed by atoms with Crippen LogP contribution in [0.4, 0.5) is 4.79 Å². The molecule has 0 spiro atoms. The summed E-state index contributed by atoms with van der Waals surface area (Å²) in [6.07, 6.45) is -0.212. The van der Waals surface area contributed by atoms with Gasteiger partial charge in [-0.3, -0.25) is 4.90 Å². The van der Waals surface area contributed by atoms with Crippen LogP contribution in [0.2, 0.25) is 10.0 Å². The molecule has 1 aromatic rings. The molecule has 0 aliphatic carbocycles. The Morgan fingerprint density at radius 3 is 2.65 bits per heavy atom. The molecule has 2 rings (SSSR count). The highest BCUT2D eigenvalue weighted by Gasteiger charge is 2.24. The number of halogens is 2. The van der Waals surface area contributed by atoms with Gasteiger partial charge in [0, 0.05) is 10.6 Å². The first-order valence-corrected chi connectivity index (χ1v) is 7.55. The first kappa shape index (κ1) is 15.4. The third kappa shape index (κ3) is 4.01. The van der Waals surface area contributed by atoms with Crippen LogP contribution in [0.15, 0.2) is 18.2 Å². The molecule has 1 aliphatic rings. The molecule has 20 heavy (non-hydrogen) atoms. The van der Waals surface area contributed by atoms with Crippen LogP contribution in [0.1, 0.15) is 12.5 Å². The van der Waals surface area contributed by atoms with Gasteiger partial charge in [-0.25, -0.2) is 4.79 Å². The Hall–Kier alpha value is -0.970. The van der Waals surface area contributed by atoms with Crippen molar-refractivity contribution in [3.05, 3.63) is 33.8 Å². The van der Waals surface area contributed by atoms with E-state index in [0.29, 0.717) is 16.7 Å². The standard InChI is InChI=1S/C14H18Cl2N2O2/c1-2-20-14(19)18-7-5-17(6-8-18)10-11-3-4-12(15)9-13(11)16/h3-4,9H,2,5-8,10H2,1H3/p+1. The molecule has 0 radical (unpaired) electrons. The number of rotatable bonds is 3. The minimum absolute atomic E-state index is 0.212. The second-order valence-corrected chi connectivity index (χ2v) is 5.69. The Kier molecular flexibility index (Phi) is 5.52. The summed E-state index contributed by atoms with van der Waals surface area (Å²) >= 11 is 12.1. The van der Waals surface area contributed by atoms with Crippen molar-refractivity contribution in [1.29, 1.82) is 0 Å². The smallest absolute Gasteiger partial charge is 0.410 e. The first-order valence-electron chi connectivity index (χ1n) is 6.79. The molecule has 0 atom stereocenters. The third-order valence-electron chi connectivity index (χ3n) is 3.45. The van der Waals surface area contributed by atoms with Crippen molar-refractivity contribution in [3.8, 4) is 0 Å². The van der Waals surface area contributed by atoms with Crippen molar-refractivity contribution in [2.45, 2.75) is 13.5 Å². The summed E-state index contributed by atoms with van der Waals surface area (Å²) in [5, 5.41) is 1.36. The number of hydrogen-bond donors (Lipinski definition) is 1. The van der Waals surface area contributed by atoms with Gasteiger partial charge in [0.2, 0.25) is 0 Å². The van der Waals surface area contributed by atoms with Gasteiger partial charge in [-0.1, -0.05) is 29.3 Å². The molecule has 1 heterocycles. The third-order valence-corrected chi connectivity index (χ3v) is 4.04. The van der Waals surface area contributed by atoms with E-state index in [-0.39, 0.29) is 6.09 Å². The summed E-state index contributed by atoms with van der Waals surface area (Å²) in [6, 6.07) is 5.60. The summed E-state index contributed by atoms with van der Waals surface area (Å²) in [4.78, 5) is 14.8. The maximum absolute atomic E-state index is 11.6. The minimum atomic E-state index is -0.212. The number of carbonyl (C=O) groups is 1. The number of hydrogen-bond acceptors (Lipinski definition) is 2. The molecule has 1 aromatic carbocycles. The van der Waals surface area contributed by atoms with Crippen molar-refractivity contribution in [1.82, 2.24) is 4.90 Å². The average molecular weight is 318 g/mol. The molecule has 0 aromatic heterocycles. The van der Waals surface area contributed by atoms with E-state index in [0.717, 1.165) is 38.3 Å². The van der Waals surface area contributed by atoms with E-state index in [1.165, 1.54) is 4.90 Å². The Morgan fingerprint density at radius 1 is 1.35 bits per heavy atom. The lowest BCUT2D eigenvalue weighted by molar-refractivity contribution is -0.917. The SMILES string of the molecule is CCOC(=O)N1CC[NH+](Cc2ccc(Cl)cc2Cl)CC1. The van der Waals surface area contributed by atoms with Crippen LogP contribution in [0.25, 0.3) is 0 Å². The van der Waals surface area contributed by atoms with Crippen molar-refractivity contribution in [3.63, 3.8) is 0 Å². The van der Waals surface area contributed by atoms with Crippen molar-refractivity contribution >= 4 is 29.3 Å². The molecule has 1 fully saturated rings. The fourth-order valence-corrected chi connectivity index (χ4v) is 2.81. The van der Waals surface area contributed by atoms with Crippen LogP contribution in [-0.4, -0.2) is 43.8 Å². The van der Waals surface area contributed by atoms with Gasteiger partial charge >= 0.3 is 6.09 Å². The summed E-state index contributed by atoms with van der Waals surface area (Å²) < 4.78 is 5.01. The zero-order chi connectivity index (χ0) is 14.5. The van der Waals surface area contributed by atoms with E-state index in [1.807, 2.05) is 19.1 Å². The number of piperazine rings is 1. The van der Waals surface area contributed by atoms with Crippen LogP contribution >= 0.6 is 23.2 Å². The van der Waals surface area contributed by atoms with Gasteiger partial charge in [-0.15, -0.1) is 0 Å². The second kappa shape index (κ2) is 7.16. The Bertz CT molecular complexity index is 474. The highest BCUT2D eigenvalue weighted by atomic mass is 35.5. The molecule has 1 amide bonds. The average Bonchev–Trinajstić information content (AvgIpc) is 2.43. The number of nitrogens with zero attached hydrogens (tertiary/aromatic N) is 1. The van der Waals surface area contributed by atoms with Crippen LogP contribution in [0.3, 0.4) is 0 Å². The molecule has 6 heteroatoms. The largest absolute Gasteiger partial charge is 0.450 e. The number of amides is 1. The van der Waals surface area contributed by atoms with E-state index in [1.54, 1.807) is 11.0 Å². The van der Waals surface area contributed by atoms with E-state index in [2.05, 4.69) is 0 Å². The fourth-order valence-electron chi connectivity index (χ4n) is 2.33. The zero-order valence-electron chi connectivity index (χ0n) is 11.5. The van der Waals surface area contributed by atoms with Crippen LogP contribution in [-0.2, 0) is 11.3 Å². The predicted octanol–water partition coefficient (Wildman–Crippen LogP) is 1.85. The molecular formula is C14H19Cl2N2O2+. The van der Waals surface area contributed by atoms with Crippen LogP contribution < -0.4 is 4.90 Å². The second-order valence-electron chi connectivity index (χ2n) is 4.85. The quantitative estimate of drug-likeness (QED) is 0.923. The van der Waals surface area contributed by atoms with Gasteiger partial charge in [-0.2, -0.15) is 0 Å². The highest BCUT2D eigenvalue weighted by molar-refractivity contribution is 6.35. The van der Waals surface area contributed by atoms with Gasteiger partial charge < -0.3 is 9.64 Å². The van der Waals surface area contributed by atoms with E-state index < -0.39 is 0 Å². The highest BCUT2D eigenvalue weighted by Crippen LogP contribution is 2.20. The van der Waals surface area contributed by atoms with E-state index in [4.69, 9.17) is 27.9 Å². The lowest BCUT2D eigenvalue weighted by Crippen LogP contribution is -3.13. The van der Waals surface area contributed by atoms with Gasteiger partial charge in [0.15, 0.2) is 0 Å². The molecule has 110 valence electrons. The molecule has 4 nitrogen and oxygen atoms in total.